The molecule has 0 aliphatic carbocycles. The van der Waals surface area contributed by atoms with Gasteiger partial charge in [0, 0.05) is 29.0 Å². The Morgan fingerprint density at radius 3 is 2.52 bits per heavy atom. The van der Waals surface area contributed by atoms with Crippen LogP contribution in [0.2, 0.25) is 0 Å². The predicted octanol–water partition coefficient (Wildman–Crippen LogP) is 5.01. The second-order valence-corrected chi connectivity index (χ2v) is 7.20. The molecule has 2 N–H and O–H groups in total. The van der Waals surface area contributed by atoms with Crippen LogP contribution in [0.5, 0.6) is 0 Å². The van der Waals surface area contributed by atoms with E-state index in [9.17, 15) is 26.3 Å². The van der Waals surface area contributed by atoms with Crippen LogP contribution in [0, 0.1) is 11.6 Å². The Bertz CT molecular complexity index is 1180. The lowest BCUT2D eigenvalue weighted by Crippen LogP contribution is -2.48. The van der Waals surface area contributed by atoms with E-state index in [1.807, 2.05) is 0 Å². The van der Waals surface area contributed by atoms with Gasteiger partial charge < -0.3 is 10.5 Å². The zero-order valence-electron chi connectivity index (χ0n) is 15.8. The number of halogens is 6. The SMILES string of the molecule is NC1=NC(CF)(c2cc(-c3ccc4ccc(F)cc4n3)ccc2F)CC(C(F)(F)F)O1. The number of hydrogen-bond acceptors (Lipinski definition) is 4. The number of nitrogens with zero attached hydrogens (tertiary/aromatic N) is 2. The molecule has 3 aromatic rings. The highest BCUT2D eigenvalue weighted by Gasteiger charge is 2.52. The van der Waals surface area contributed by atoms with Crippen molar-refractivity contribution in [2.45, 2.75) is 24.2 Å². The van der Waals surface area contributed by atoms with Gasteiger partial charge in [0.1, 0.15) is 23.8 Å². The van der Waals surface area contributed by atoms with E-state index in [2.05, 4.69) is 14.7 Å². The predicted molar refractivity (Wildman–Crippen MR) is 102 cm³/mol. The molecule has 2 aromatic carbocycles. The van der Waals surface area contributed by atoms with E-state index in [1.165, 1.54) is 30.3 Å². The van der Waals surface area contributed by atoms with Crippen LogP contribution in [0.3, 0.4) is 0 Å². The number of hydrogen-bond donors (Lipinski definition) is 1. The van der Waals surface area contributed by atoms with E-state index in [-0.39, 0.29) is 0 Å². The summed E-state index contributed by atoms with van der Waals surface area (Å²) < 4.78 is 86.6. The Kier molecular flexibility index (Phi) is 5.03. The zero-order valence-corrected chi connectivity index (χ0v) is 15.8. The molecule has 1 aliphatic rings. The minimum Gasteiger partial charge on any atom is -0.452 e. The van der Waals surface area contributed by atoms with Gasteiger partial charge in [0.15, 0.2) is 6.10 Å². The second-order valence-electron chi connectivity index (χ2n) is 7.20. The van der Waals surface area contributed by atoms with Gasteiger partial charge in [-0.1, -0.05) is 6.07 Å². The summed E-state index contributed by atoms with van der Waals surface area (Å²) in [6.07, 6.45) is -8.27. The first kappa shape index (κ1) is 21.0. The van der Waals surface area contributed by atoms with Gasteiger partial charge in [0.2, 0.25) is 0 Å². The van der Waals surface area contributed by atoms with Crippen molar-refractivity contribution in [3.05, 3.63) is 65.7 Å². The average Bonchev–Trinajstić information content (AvgIpc) is 2.72. The minimum atomic E-state index is -4.85. The maximum atomic E-state index is 14.7. The van der Waals surface area contributed by atoms with Crippen LogP contribution in [0.1, 0.15) is 12.0 Å². The highest BCUT2D eigenvalue weighted by Crippen LogP contribution is 2.42. The molecule has 4 rings (SSSR count). The second kappa shape index (κ2) is 7.44. The molecule has 1 aromatic heterocycles. The van der Waals surface area contributed by atoms with Crippen molar-refractivity contribution in [3.63, 3.8) is 0 Å². The molecule has 2 heterocycles. The lowest BCUT2D eigenvalue weighted by molar-refractivity contribution is -0.209. The Labute approximate surface area is 172 Å². The Hall–Kier alpha value is -3.30. The first-order valence-corrected chi connectivity index (χ1v) is 9.13. The molecular weight excluding hydrogens is 424 g/mol. The molecule has 162 valence electrons. The first-order valence-electron chi connectivity index (χ1n) is 9.13. The molecule has 0 amide bonds. The molecule has 0 bridgehead atoms. The van der Waals surface area contributed by atoms with Gasteiger partial charge in [-0.25, -0.2) is 23.1 Å². The number of nitrogens with two attached hydrogens (primary N) is 1. The zero-order chi connectivity index (χ0) is 22.4. The summed E-state index contributed by atoms with van der Waals surface area (Å²) in [7, 11) is 0. The van der Waals surface area contributed by atoms with E-state index in [4.69, 9.17) is 5.73 Å². The number of rotatable bonds is 3. The van der Waals surface area contributed by atoms with Crippen LogP contribution in [0.4, 0.5) is 26.3 Å². The van der Waals surface area contributed by atoms with Gasteiger partial charge in [-0.15, -0.1) is 0 Å². The normalized spacial score (nSPS) is 21.6. The van der Waals surface area contributed by atoms with Crippen molar-refractivity contribution in [3.8, 4) is 11.3 Å². The van der Waals surface area contributed by atoms with E-state index < -0.39 is 54.1 Å². The van der Waals surface area contributed by atoms with Crippen molar-refractivity contribution in [1.82, 2.24) is 4.98 Å². The van der Waals surface area contributed by atoms with Crippen LogP contribution in [-0.4, -0.2) is 30.0 Å². The summed E-state index contributed by atoms with van der Waals surface area (Å²) in [5.41, 5.74) is 3.67. The number of fused-ring (bicyclic) bond motifs is 1. The smallest absolute Gasteiger partial charge is 0.425 e. The number of amidine groups is 1. The number of aromatic nitrogens is 1. The Morgan fingerprint density at radius 2 is 1.81 bits per heavy atom. The highest BCUT2D eigenvalue weighted by molar-refractivity contribution is 5.81. The molecule has 0 spiro atoms. The van der Waals surface area contributed by atoms with Gasteiger partial charge in [0.05, 0.1) is 11.2 Å². The number of alkyl halides is 4. The van der Waals surface area contributed by atoms with Crippen LogP contribution in [-0.2, 0) is 10.3 Å². The molecule has 2 atom stereocenters. The molecule has 4 nitrogen and oxygen atoms in total. The van der Waals surface area contributed by atoms with Crippen LogP contribution in [0.15, 0.2) is 53.5 Å². The van der Waals surface area contributed by atoms with Crippen LogP contribution >= 0.6 is 0 Å². The minimum absolute atomic E-state index is 0.291. The summed E-state index contributed by atoms with van der Waals surface area (Å²) in [4.78, 5) is 8.03. The van der Waals surface area contributed by atoms with Crippen molar-refractivity contribution >= 4 is 16.9 Å². The Morgan fingerprint density at radius 1 is 1.06 bits per heavy atom. The fraction of sp³-hybridized carbons (Fsp3) is 0.238. The third-order valence-corrected chi connectivity index (χ3v) is 5.11. The molecule has 0 saturated carbocycles. The van der Waals surface area contributed by atoms with E-state index in [0.29, 0.717) is 22.2 Å². The fourth-order valence-electron chi connectivity index (χ4n) is 3.58. The fourth-order valence-corrected chi connectivity index (χ4v) is 3.58. The monoisotopic (exact) mass is 439 g/mol. The van der Waals surface area contributed by atoms with Crippen LogP contribution < -0.4 is 5.73 Å². The summed E-state index contributed by atoms with van der Waals surface area (Å²) in [5, 5.41) is 0.655. The summed E-state index contributed by atoms with van der Waals surface area (Å²) in [6, 6.07) is 9.89. The standard InChI is InChI=1S/C21H15F6N3O/c22-10-20(9-18(21(25,26)27)31-19(28)30-20)14-7-12(2-5-15(14)24)16-6-3-11-1-4-13(23)8-17(11)29-16/h1-8,18H,9-10H2,(H2,28,30). The van der Waals surface area contributed by atoms with E-state index in [1.54, 1.807) is 12.1 Å². The largest absolute Gasteiger partial charge is 0.452 e. The van der Waals surface area contributed by atoms with Gasteiger partial charge in [-0.05, 0) is 36.4 Å². The van der Waals surface area contributed by atoms with Gasteiger partial charge in [0.25, 0.3) is 6.02 Å². The van der Waals surface area contributed by atoms with Crippen molar-refractivity contribution in [2.24, 2.45) is 10.7 Å². The van der Waals surface area contributed by atoms with E-state index >= 15 is 0 Å². The maximum Gasteiger partial charge on any atom is 0.425 e. The van der Waals surface area contributed by atoms with Crippen LogP contribution in [0.25, 0.3) is 22.2 Å². The molecule has 2 unspecified atom stereocenters. The quantitative estimate of drug-likeness (QED) is 0.584. The number of benzene rings is 2. The average molecular weight is 439 g/mol. The third-order valence-electron chi connectivity index (χ3n) is 5.11. The molecule has 1 aliphatic heterocycles. The number of ether oxygens (including phenoxy) is 1. The topological polar surface area (TPSA) is 60.5 Å². The molecular formula is C21H15F6N3O. The molecule has 0 fully saturated rings. The van der Waals surface area contributed by atoms with Crippen molar-refractivity contribution in [2.75, 3.05) is 6.67 Å². The first-order chi connectivity index (χ1) is 14.6. The Balaban J connectivity index is 1.83. The highest BCUT2D eigenvalue weighted by atomic mass is 19.4. The van der Waals surface area contributed by atoms with E-state index in [0.717, 1.165) is 6.07 Å². The number of pyridine rings is 1. The van der Waals surface area contributed by atoms with Crippen molar-refractivity contribution < 1.29 is 31.1 Å². The molecule has 10 heteroatoms. The third kappa shape index (κ3) is 3.89. The number of aliphatic imine (C=N–C) groups is 1. The summed E-state index contributed by atoms with van der Waals surface area (Å²) >= 11 is 0. The maximum absolute atomic E-state index is 14.7. The summed E-state index contributed by atoms with van der Waals surface area (Å²) in [5.74, 6) is -1.45. The lowest BCUT2D eigenvalue weighted by atomic mass is 9.83. The molecule has 31 heavy (non-hydrogen) atoms. The van der Waals surface area contributed by atoms with Gasteiger partial charge in [-0.3, -0.25) is 0 Å². The summed E-state index contributed by atoms with van der Waals surface area (Å²) in [6.45, 7) is -1.43. The van der Waals surface area contributed by atoms with Gasteiger partial charge in [-0.2, -0.15) is 13.2 Å². The van der Waals surface area contributed by atoms with Gasteiger partial charge >= 0.3 is 6.18 Å². The molecule has 0 radical (unpaired) electrons. The van der Waals surface area contributed by atoms with Crippen molar-refractivity contribution in [1.29, 1.82) is 0 Å². The molecule has 0 saturated heterocycles. The lowest BCUT2D eigenvalue weighted by Gasteiger charge is -2.36.